The van der Waals surface area contributed by atoms with E-state index in [1.807, 2.05) is 25.2 Å². The highest BCUT2D eigenvalue weighted by Crippen LogP contribution is 2.45. The Morgan fingerprint density at radius 2 is 1.84 bits per heavy atom. The summed E-state index contributed by atoms with van der Waals surface area (Å²) in [7, 11) is 3.77. The van der Waals surface area contributed by atoms with Crippen LogP contribution >= 0.6 is 0 Å². The quantitative estimate of drug-likeness (QED) is 0.576. The van der Waals surface area contributed by atoms with E-state index < -0.39 is 0 Å². The molecular formula is C16H21NO2. The van der Waals surface area contributed by atoms with Gasteiger partial charge >= 0.3 is 0 Å². The first-order valence-corrected chi connectivity index (χ1v) is 6.69. The molecule has 2 rings (SSSR count). The smallest absolute Gasteiger partial charge is 0.164 e. The number of nitrogens with zero attached hydrogens (tertiary/aromatic N) is 1. The number of hydrogen-bond acceptors (Lipinski definition) is 3. The fourth-order valence-electron chi connectivity index (χ4n) is 3.32. The van der Waals surface area contributed by atoms with Crippen LogP contribution in [0.25, 0.3) is 0 Å². The van der Waals surface area contributed by atoms with Gasteiger partial charge in [-0.1, -0.05) is 12.2 Å². The minimum absolute atomic E-state index is 0.00687. The van der Waals surface area contributed by atoms with E-state index in [-0.39, 0.29) is 35.2 Å². The lowest BCUT2D eigenvalue weighted by molar-refractivity contribution is -0.135. The van der Waals surface area contributed by atoms with Crippen LogP contribution in [-0.2, 0) is 9.59 Å². The van der Waals surface area contributed by atoms with Gasteiger partial charge in [0.05, 0.1) is 0 Å². The SMILES string of the molecule is C=CC1CC(=O)C2CC1C(=O)/C(=C/N(C)C)C2C=C. The normalized spacial score (nSPS) is 36.2. The van der Waals surface area contributed by atoms with Gasteiger partial charge in [-0.15, -0.1) is 13.2 Å². The number of carbonyl (C=O) groups is 2. The standard InChI is InChI=1S/C16H21NO2/c1-5-10-7-15(18)13-8-12(10)16(19)14(9-17(3)4)11(13)6-2/h5-6,9-13H,1-2,7-8H2,3-4H3/b14-9+. The van der Waals surface area contributed by atoms with Crippen LogP contribution in [0.3, 0.4) is 0 Å². The molecule has 2 saturated carbocycles. The summed E-state index contributed by atoms with van der Waals surface area (Å²) >= 11 is 0. The summed E-state index contributed by atoms with van der Waals surface area (Å²) in [4.78, 5) is 26.7. The van der Waals surface area contributed by atoms with Gasteiger partial charge in [0.15, 0.2) is 5.78 Å². The predicted molar refractivity (Wildman–Crippen MR) is 75.4 cm³/mol. The monoisotopic (exact) mass is 259 g/mol. The van der Waals surface area contributed by atoms with E-state index in [2.05, 4.69) is 13.2 Å². The zero-order valence-corrected chi connectivity index (χ0v) is 11.6. The van der Waals surface area contributed by atoms with Crippen LogP contribution < -0.4 is 0 Å². The highest BCUT2D eigenvalue weighted by molar-refractivity contribution is 6.02. The van der Waals surface area contributed by atoms with Crippen molar-refractivity contribution in [3.63, 3.8) is 0 Å². The average Bonchev–Trinajstić information content (AvgIpc) is 2.37. The Kier molecular flexibility index (Phi) is 3.74. The summed E-state index contributed by atoms with van der Waals surface area (Å²) in [5.74, 6) is 0.0950. The number of hydrogen-bond donors (Lipinski definition) is 0. The molecule has 3 nitrogen and oxygen atoms in total. The topological polar surface area (TPSA) is 37.4 Å². The Morgan fingerprint density at radius 1 is 1.16 bits per heavy atom. The molecule has 2 aliphatic rings. The molecule has 19 heavy (non-hydrogen) atoms. The lowest BCUT2D eigenvalue weighted by Crippen LogP contribution is -2.45. The summed E-state index contributed by atoms with van der Waals surface area (Å²) in [6.45, 7) is 7.58. The maximum absolute atomic E-state index is 12.6. The number of allylic oxidation sites excluding steroid dienone is 3. The first-order chi connectivity index (χ1) is 8.99. The largest absolute Gasteiger partial charge is 0.383 e. The fourth-order valence-corrected chi connectivity index (χ4v) is 3.32. The summed E-state index contributed by atoms with van der Waals surface area (Å²) in [6.07, 6.45) is 6.45. The third kappa shape index (κ3) is 2.29. The van der Waals surface area contributed by atoms with Crippen molar-refractivity contribution in [1.29, 1.82) is 0 Å². The van der Waals surface area contributed by atoms with E-state index in [9.17, 15) is 9.59 Å². The zero-order chi connectivity index (χ0) is 14.2. The van der Waals surface area contributed by atoms with Gasteiger partial charge in [-0.3, -0.25) is 9.59 Å². The van der Waals surface area contributed by atoms with Crippen LogP contribution in [0.5, 0.6) is 0 Å². The molecular weight excluding hydrogens is 238 g/mol. The first kappa shape index (κ1) is 13.8. The molecule has 4 atom stereocenters. The molecule has 0 aromatic heterocycles. The molecule has 2 aliphatic carbocycles. The van der Waals surface area contributed by atoms with Crippen LogP contribution in [0, 0.1) is 23.7 Å². The molecule has 0 saturated heterocycles. The molecule has 0 aliphatic heterocycles. The van der Waals surface area contributed by atoms with Crippen molar-refractivity contribution in [2.75, 3.05) is 14.1 Å². The highest BCUT2D eigenvalue weighted by Gasteiger charge is 2.48. The fraction of sp³-hybridized carbons (Fsp3) is 0.500. The maximum Gasteiger partial charge on any atom is 0.164 e. The number of fused-ring (bicyclic) bond motifs is 2. The maximum atomic E-state index is 12.6. The van der Waals surface area contributed by atoms with Gasteiger partial charge in [0.2, 0.25) is 0 Å². The first-order valence-electron chi connectivity index (χ1n) is 6.69. The van der Waals surface area contributed by atoms with E-state index in [0.717, 1.165) is 5.57 Å². The van der Waals surface area contributed by atoms with Gasteiger partial charge in [0, 0.05) is 50.0 Å². The molecule has 0 spiro atoms. The summed E-state index contributed by atoms with van der Waals surface area (Å²) in [5, 5.41) is 0. The van der Waals surface area contributed by atoms with E-state index in [4.69, 9.17) is 0 Å². The highest BCUT2D eigenvalue weighted by atomic mass is 16.1. The second-order valence-corrected chi connectivity index (χ2v) is 5.69. The van der Waals surface area contributed by atoms with Gasteiger partial charge in [-0.25, -0.2) is 0 Å². The van der Waals surface area contributed by atoms with E-state index in [1.54, 1.807) is 12.2 Å². The van der Waals surface area contributed by atoms with Gasteiger partial charge in [0.25, 0.3) is 0 Å². The summed E-state index contributed by atoms with van der Waals surface area (Å²) in [6, 6.07) is 0. The number of carbonyl (C=O) groups excluding carboxylic acids is 2. The van der Waals surface area contributed by atoms with Crippen molar-refractivity contribution >= 4 is 11.6 Å². The van der Waals surface area contributed by atoms with E-state index in [0.29, 0.717) is 12.8 Å². The van der Waals surface area contributed by atoms with Gasteiger partial charge < -0.3 is 4.90 Å². The van der Waals surface area contributed by atoms with Crippen molar-refractivity contribution in [2.24, 2.45) is 23.7 Å². The Bertz CT molecular complexity index is 461. The molecule has 0 N–H and O–H groups in total. The average molecular weight is 259 g/mol. The Labute approximate surface area is 114 Å². The number of Topliss-reactive ketones (excluding diaryl/α,β-unsaturated/α-hetero) is 2. The second kappa shape index (κ2) is 5.16. The van der Waals surface area contributed by atoms with Crippen LogP contribution in [-0.4, -0.2) is 30.6 Å². The second-order valence-electron chi connectivity index (χ2n) is 5.69. The molecule has 0 heterocycles. The van der Waals surface area contributed by atoms with Crippen molar-refractivity contribution in [1.82, 2.24) is 4.90 Å². The summed E-state index contributed by atoms with van der Waals surface area (Å²) < 4.78 is 0. The third-order valence-corrected chi connectivity index (χ3v) is 4.24. The molecule has 0 amide bonds. The lowest BCUT2D eigenvalue weighted by atomic mass is 9.60. The van der Waals surface area contributed by atoms with E-state index >= 15 is 0 Å². The molecule has 2 bridgehead atoms. The summed E-state index contributed by atoms with van der Waals surface area (Å²) in [5.41, 5.74) is 0.723. The van der Waals surface area contributed by atoms with Gasteiger partial charge in [0.1, 0.15) is 5.78 Å². The third-order valence-electron chi connectivity index (χ3n) is 4.24. The Balaban J connectivity index is 2.45. The number of rotatable bonds is 3. The molecule has 0 aromatic carbocycles. The molecule has 4 unspecified atom stereocenters. The van der Waals surface area contributed by atoms with Crippen molar-refractivity contribution < 1.29 is 9.59 Å². The van der Waals surface area contributed by atoms with Gasteiger partial charge in [-0.2, -0.15) is 0 Å². The minimum Gasteiger partial charge on any atom is -0.383 e. The van der Waals surface area contributed by atoms with E-state index in [1.165, 1.54) is 0 Å². The van der Waals surface area contributed by atoms with Gasteiger partial charge in [-0.05, 0) is 12.3 Å². The Morgan fingerprint density at radius 3 is 2.37 bits per heavy atom. The van der Waals surface area contributed by atoms with Crippen molar-refractivity contribution in [2.45, 2.75) is 12.8 Å². The Hall–Kier alpha value is -1.64. The van der Waals surface area contributed by atoms with Crippen LogP contribution in [0.15, 0.2) is 37.1 Å². The zero-order valence-electron chi connectivity index (χ0n) is 11.6. The minimum atomic E-state index is -0.135. The van der Waals surface area contributed by atoms with Crippen molar-refractivity contribution in [3.05, 3.63) is 37.1 Å². The molecule has 3 heteroatoms. The molecule has 2 fully saturated rings. The van der Waals surface area contributed by atoms with Crippen LogP contribution in [0.1, 0.15) is 12.8 Å². The lowest BCUT2D eigenvalue weighted by Gasteiger charge is -2.42. The van der Waals surface area contributed by atoms with Crippen molar-refractivity contribution in [3.8, 4) is 0 Å². The molecule has 0 radical (unpaired) electrons. The van der Waals surface area contributed by atoms with Crippen LogP contribution in [0.4, 0.5) is 0 Å². The predicted octanol–water partition coefficient (Wildman–Crippen LogP) is 2.21. The molecule has 0 aromatic rings. The van der Waals surface area contributed by atoms with Crippen LogP contribution in [0.2, 0.25) is 0 Å². The number of ketones is 2. The molecule has 102 valence electrons.